The van der Waals surface area contributed by atoms with Crippen LogP contribution in [0.4, 0.5) is 0 Å². The second-order valence-electron chi connectivity index (χ2n) is 6.37. The molecule has 0 atom stereocenters. The highest BCUT2D eigenvalue weighted by Crippen LogP contribution is 2.29. The first-order chi connectivity index (χ1) is 10.1. The normalized spacial score (nSPS) is 28.1. The molecule has 6 heteroatoms. The van der Waals surface area contributed by atoms with Gasteiger partial charge in [-0.1, -0.05) is 0 Å². The van der Waals surface area contributed by atoms with Crippen molar-refractivity contribution >= 4 is 11.8 Å². The Morgan fingerprint density at radius 3 is 2.33 bits per heavy atom. The van der Waals surface area contributed by atoms with E-state index in [1.807, 2.05) is 9.80 Å². The lowest BCUT2D eigenvalue weighted by molar-refractivity contribution is -0.136. The summed E-state index contributed by atoms with van der Waals surface area (Å²) >= 11 is 0. The zero-order valence-corrected chi connectivity index (χ0v) is 12.8. The molecule has 0 bridgehead atoms. The van der Waals surface area contributed by atoms with Gasteiger partial charge in [0.1, 0.15) is 0 Å². The van der Waals surface area contributed by atoms with E-state index < -0.39 is 0 Å². The largest absolute Gasteiger partial charge is 0.369 e. The van der Waals surface area contributed by atoms with Crippen LogP contribution in [-0.4, -0.2) is 60.9 Å². The highest BCUT2D eigenvalue weighted by Gasteiger charge is 2.29. The van der Waals surface area contributed by atoms with Crippen LogP contribution >= 0.6 is 0 Å². The van der Waals surface area contributed by atoms with E-state index in [2.05, 4.69) is 0 Å². The zero-order valence-electron chi connectivity index (χ0n) is 12.8. The minimum atomic E-state index is -0.296. The Bertz CT molecular complexity index is 367. The first-order valence-electron chi connectivity index (χ1n) is 8.09. The average Bonchev–Trinajstić information content (AvgIpc) is 2.71. The summed E-state index contributed by atoms with van der Waals surface area (Å²) in [6, 6.07) is 0. The fourth-order valence-corrected chi connectivity index (χ4v) is 3.47. The number of carbonyl (C=O) groups is 2. The van der Waals surface area contributed by atoms with Crippen LogP contribution in [-0.2, 0) is 9.59 Å². The molecule has 1 aliphatic carbocycles. The Hall–Kier alpha value is -1.14. The predicted molar refractivity (Wildman–Crippen MR) is 81.3 cm³/mol. The molecule has 0 radical (unpaired) electrons. The van der Waals surface area contributed by atoms with Crippen molar-refractivity contribution in [2.75, 3.05) is 39.3 Å². The van der Waals surface area contributed by atoms with Crippen LogP contribution in [0.25, 0.3) is 0 Å². The third kappa shape index (κ3) is 4.68. The third-order valence-corrected chi connectivity index (χ3v) is 4.81. The van der Waals surface area contributed by atoms with E-state index in [9.17, 15) is 9.59 Å². The van der Waals surface area contributed by atoms with Gasteiger partial charge in [0.05, 0.1) is 6.54 Å². The number of rotatable bonds is 4. The zero-order chi connectivity index (χ0) is 15.2. The molecule has 0 unspecified atom stereocenters. The molecule has 1 heterocycles. The molecule has 0 aromatic carbocycles. The monoisotopic (exact) mass is 296 g/mol. The summed E-state index contributed by atoms with van der Waals surface area (Å²) in [5, 5.41) is 0. The minimum absolute atomic E-state index is 0.176. The number of nitrogens with two attached hydrogens (primary N) is 2. The van der Waals surface area contributed by atoms with Gasteiger partial charge in [0.25, 0.3) is 0 Å². The molecule has 0 aromatic heterocycles. The first kappa shape index (κ1) is 16.2. The molecule has 0 aromatic rings. The summed E-state index contributed by atoms with van der Waals surface area (Å²) < 4.78 is 0. The summed E-state index contributed by atoms with van der Waals surface area (Å²) in [6.45, 7) is 4.13. The second-order valence-corrected chi connectivity index (χ2v) is 6.37. The SMILES string of the molecule is NCC1CCC(C(=O)N2CCCN(CC(N)=O)CC2)CC1. The number of carbonyl (C=O) groups excluding carboxylic acids is 2. The highest BCUT2D eigenvalue weighted by atomic mass is 16.2. The van der Waals surface area contributed by atoms with Crippen molar-refractivity contribution in [2.24, 2.45) is 23.3 Å². The maximum atomic E-state index is 12.6. The van der Waals surface area contributed by atoms with E-state index in [1.54, 1.807) is 0 Å². The molecule has 2 fully saturated rings. The minimum Gasteiger partial charge on any atom is -0.369 e. The maximum Gasteiger partial charge on any atom is 0.231 e. The standard InChI is InChI=1S/C15H28N4O2/c16-10-12-2-4-13(5-3-12)15(21)19-7-1-6-18(8-9-19)11-14(17)20/h12-13H,1-11,16H2,(H2,17,20). The van der Waals surface area contributed by atoms with Gasteiger partial charge >= 0.3 is 0 Å². The highest BCUT2D eigenvalue weighted by molar-refractivity contribution is 5.79. The van der Waals surface area contributed by atoms with Crippen LogP contribution in [0.1, 0.15) is 32.1 Å². The Morgan fingerprint density at radius 2 is 1.71 bits per heavy atom. The lowest BCUT2D eigenvalue weighted by Crippen LogP contribution is -2.41. The molecule has 21 heavy (non-hydrogen) atoms. The number of hydrogen-bond donors (Lipinski definition) is 2. The van der Waals surface area contributed by atoms with Crippen LogP contribution in [0, 0.1) is 11.8 Å². The fraction of sp³-hybridized carbons (Fsp3) is 0.867. The molecular weight excluding hydrogens is 268 g/mol. The van der Waals surface area contributed by atoms with Crippen molar-refractivity contribution in [1.29, 1.82) is 0 Å². The summed E-state index contributed by atoms with van der Waals surface area (Å²) in [4.78, 5) is 27.6. The van der Waals surface area contributed by atoms with E-state index in [0.29, 0.717) is 24.9 Å². The Kier molecular flexibility index (Phi) is 5.99. The molecule has 4 N–H and O–H groups in total. The van der Waals surface area contributed by atoms with Gasteiger partial charge in [-0.2, -0.15) is 0 Å². The molecule has 2 aliphatic rings. The van der Waals surface area contributed by atoms with Crippen LogP contribution in [0.2, 0.25) is 0 Å². The first-order valence-corrected chi connectivity index (χ1v) is 8.09. The van der Waals surface area contributed by atoms with Crippen LogP contribution < -0.4 is 11.5 Å². The summed E-state index contributed by atoms with van der Waals surface area (Å²) in [6.07, 6.45) is 5.02. The van der Waals surface area contributed by atoms with Crippen LogP contribution in [0.5, 0.6) is 0 Å². The topological polar surface area (TPSA) is 92.7 Å². The third-order valence-electron chi connectivity index (χ3n) is 4.81. The van der Waals surface area contributed by atoms with Gasteiger partial charge in [-0.25, -0.2) is 0 Å². The van der Waals surface area contributed by atoms with Crippen LogP contribution in [0.3, 0.4) is 0 Å². The van der Waals surface area contributed by atoms with E-state index in [-0.39, 0.29) is 11.8 Å². The molecule has 6 nitrogen and oxygen atoms in total. The lowest BCUT2D eigenvalue weighted by Gasteiger charge is -2.31. The van der Waals surface area contributed by atoms with E-state index in [4.69, 9.17) is 11.5 Å². The summed E-state index contributed by atoms with van der Waals surface area (Å²) in [5.41, 5.74) is 10.9. The average molecular weight is 296 g/mol. The van der Waals surface area contributed by atoms with Crippen molar-refractivity contribution in [3.8, 4) is 0 Å². The summed E-state index contributed by atoms with van der Waals surface area (Å²) in [5.74, 6) is 0.779. The predicted octanol–water partition coefficient (Wildman–Crippen LogP) is -0.229. The van der Waals surface area contributed by atoms with Crippen LogP contribution in [0.15, 0.2) is 0 Å². The maximum absolute atomic E-state index is 12.6. The van der Waals surface area contributed by atoms with Gasteiger partial charge in [-0.3, -0.25) is 14.5 Å². The summed E-state index contributed by atoms with van der Waals surface area (Å²) in [7, 11) is 0. The van der Waals surface area contributed by atoms with Crippen molar-refractivity contribution < 1.29 is 9.59 Å². The van der Waals surface area contributed by atoms with Crippen molar-refractivity contribution in [1.82, 2.24) is 9.80 Å². The Labute approximate surface area is 126 Å². The number of amides is 2. The number of primary amides is 1. The fourth-order valence-electron chi connectivity index (χ4n) is 3.47. The van der Waals surface area contributed by atoms with Gasteiger partial charge < -0.3 is 16.4 Å². The van der Waals surface area contributed by atoms with E-state index in [1.165, 1.54) is 0 Å². The molecule has 2 rings (SSSR count). The molecular formula is C15H28N4O2. The lowest BCUT2D eigenvalue weighted by atomic mass is 9.81. The van der Waals surface area contributed by atoms with E-state index in [0.717, 1.165) is 58.3 Å². The molecule has 120 valence electrons. The molecule has 0 spiro atoms. The molecule has 1 aliphatic heterocycles. The van der Waals surface area contributed by atoms with Gasteiger partial charge in [0.2, 0.25) is 11.8 Å². The quantitative estimate of drug-likeness (QED) is 0.749. The molecule has 1 saturated carbocycles. The Balaban J connectivity index is 1.81. The van der Waals surface area contributed by atoms with Crippen molar-refractivity contribution in [3.05, 3.63) is 0 Å². The van der Waals surface area contributed by atoms with Crippen molar-refractivity contribution in [3.63, 3.8) is 0 Å². The van der Waals surface area contributed by atoms with Crippen molar-refractivity contribution in [2.45, 2.75) is 32.1 Å². The van der Waals surface area contributed by atoms with Gasteiger partial charge in [0.15, 0.2) is 0 Å². The van der Waals surface area contributed by atoms with Gasteiger partial charge in [0, 0.05) is 32.1 Å². The molecule has 2 amide bonds. The number of nitrogens with zero attached hydrogens (tertiary/aromatic N) is 2. The van der Waals surface area contributed by atoms with Gasteiger partial charge in [-0.05, 0) is 44.6 Å². The molecule has 1 saturated heterocycles. The number of hydrogen-bond acceptors (Lipinski definition) is 4. The van der Waals surface area contributed by atoms with E-state index >= 15 is 0 Å². The van der Waals surface area contributed by atoms with Gasteiger partial charge in [-0.15, -0.1) is 0 Å². The smallest absolute Gasteiger partial charge is 0.231 e. The Morgan fingerprint density at radius 1 is 1.00 bits per heavy atom. The second kappa shape index (κ2) is 7.75.